The summed E-state index contributed by atoms with van der Waals surface area (Å²) >= 11 is 0. The van der Waals surface area contributed by atoms with Crippen molar-refractivity contribution in [3.05, 3.63) is 12.2 Å². The highest BCUT2D eigenvalue weighted by molar-refractivity contribution is 4.97. The Kier molecular flexibility index (Phi) is 4.93. The lowest BCUT2D eigenvalue weighted by Gasteiger charge is -2.20. The van der Waals surface area contributed by atoms with Crippen molar-refractivity contribution in [2.75, 3.05) is 13.6 Å². The number of rotatable bonds is 0. The second kappa shape index (κ2) is 5.99. The molecule has 1 heterocycles. The standard InChI is InChI=1S/C12H24N4/c1-9-5-6-12(13)7-8-16(4)15-14-11(3)10(9)2/h5-6,9-12H,7-8,13H2,1-4H3/b6-5+,15-14-/t9?,10-,11-,12?/m1/s1. The quantitative estimate of drug-likeness (QED) is 0.641. The Morgan fingerprint density at radius 2 is 1.94 bits per heavy atom. The first-order valence-electron chi connectivity index (χ1n) is 6.06. The molecule has 0 fully saturated rings. The zero-order chi connectivity index (χ0) is 12.1. The van der Waals surface area contributed by atoms with Crippen LogP contribution in [0.3, 0.4) is 0 Å². The number of nitrogens with two attached hydrogens (primary N) is 1. The van der Waals surface area contributed by atoms with Gasteiger partial charge in [0.1, 0.15) is 0 Å². The normalized spacial score (nSPS) is 41.2. The van der Waals surface area contributed by atoms with Crippen molar-refractivity contribution in [1.82, 2.24) is 5.01 Å². The van der Waals surface area contributed by atoms with Crippen LogP contribution in [0.15, 0.2) is 22.5 Å². The molecule has 4 heteroatoms. The average Bonchev–Trinajstić information content (AvgIpc) is 2.29. The van der Waals surface area contributed by atoms with Gasteiger partial charge in [-0.3, -0.25) is 5.01 Å². The predicted molar refractivity (Wildman–Crippen MR) is 67.0 cm³/mol. The molecular formula is C12H24N4. The minimum Gasteiger partial charge on any atom is -0.324 e. The summed E-state index contributed by atoms with van der Waals surface area (Å²) in [6.45, 7) is 7.39. The summed E-state index contributed by atoms with van der Waals surface area (Å²) in [6.07, 6.45) is 5.25. The third-order valence-corrected chi connectivity index (χ3v) is 3.42. The van der Waals surface area contributed by atoms with Gasteiger partial charge in [-0.15, -0.1) is 0 Å². The molecule has 0 aromatic rings. The lowest BCUT2D eigenvalue weighted by atomic mass is 9.89. The van der Waals surface area contributed by atoms with Gasteiger partial charge in [-0.1, -0.05) is 31.2 Å². The van der Waals surface area contributed by atoms with Crippen LogP contribution in [0.4, 0.5) is 0 Å². The summed E-state index contributed by atoms with van der Waals surface area (Å²) < 4.78 is 0. The highest BCUT2D eigenvalue weighted by Crippen LogP contribution is 2.20. The molecule has 1 rings (SSSR count). The summed E-state index contributed by atoms with van der Waals surface area (Å²) in [5.74, 6) is 0.974. The van der Waals surface area contributed by atoms with Crippen molar-refractivity contribution < 1.29 is 0 Å². The zero-order valence-corrected chi connectivity index (χ0v) is 10.8. The Hall–Kier alpha value is -0.900. The molecule has 2 N–H and O–H groups in total. The molecule has 0 radical (unpaired) electrons. The monoisotopic (exact) mass is 224 g/mol. The number of allylic oxidation sites excluding steroid dienone is 1. The Labute approximate surface area is 98.6 Å². The Morgan fingerprint density at radius 1 is 1.25 bits per heavy atom. The van der Waals surface area contributed by atoms with E-state index < -0.39 is 0 Å². The van der Waals surface area contributed by atoms with Crippen LogP contribution in [-0.4, -0.2) is 30.7 Å². The van der Waals surface area contributed by atoms with Crippen LogP contribution in [0, 0.1) is 11.8 Å². The molecule has 0 amide bonds. The van der Waals surface area contributed by atoms with E-state index in [1.807, 2.05) is 12.1 Å². The van der Waals surface area contributed by atoms with E-state index in [-0.39, 0.29) is 12.1 Å². The molecule has 2 unspecified atom stereocenters. The minimum absolute atomic E-state index is 0.126. The fraction of sp³-hybridized carbons (Fsp3) is 0.833. The van der Waals surface area contributed by atoms with Gasteiger partial charge in [0, 0.05) is 19.6 Å². The molecule has 4 atom stereocenters. The van der Waals surface area contributed by atoms with Gasteiger partial charge in [0.2, 0.25) is 0 Å². The predicted octanol–water partition coefficient (Wildman–Crippen LogP) is 2.23. The molecule has 4 nitrogen and oxygen atoms in total. The van der Waals surface area contributed by atoms with Crippen LogP contribution >= 0.6 is 0 Å². The van der Waals surface area contributed by atoms with Crippen LogP contribution < -0.4 is 5.73 Å². The lowest BCUT2D eigenvalue weighted by Crippen LogP contribution is -2.23. The van der Waals surface area contributed by atoms with Gasteiger partial charge in [0.15, 0.2) is 0 Å². The molecule has 0 saturated carbocycles. The summed E-state index contributed by atoms with van der Waals surface area (Å²) in [6, 6.07) is 0.372. The van der Waals surface area contributed by atoms with Crippen molar-refractivity contribution in [2.45, 2.75) is 39.3 Å². The summed E-state index contributed by atoms with van der Waals surface area (Å²) in [4.78, 5) is 0. The SMILES string of the molecule is CC1/C=C/C(N)CCN(C)/N=N\[C@H](C)[C@@H]1C. The smallest absolute Gasteiger partial charge is 0.0732 e. The molecule has 0 aliphatic carbocycles. The molecule has 1 aliphatic rings. The maximum Gasteiger partial charge on any atom is 0.0732 e. The Bertz CT molecular complexity index is 236. The van der Waals surface area contributed by atoms with Gasteiger partial charge in [-0.25, -0.2) is 0 Å². The Morgan fingerprint density at radius 3 is 2.62 bits per heavy atom. The van der Waals surface area contributed by atoms with Gasteiger partial charge in [0.05, 0.1) is 6.04 Å². The third-order valence-electron chi connectivity index (χ3n) is 3.42. The van der Waals surface area contributed by atoms with Crippen LogP contribution in [0.5, 0.6) is 0 Å². The second-order valence-electron chi connectivity index (χ2n) is 4.88. The van der Waals surface area contributed by atoms with Crippen molar-refractivity contribution >= 4 is 0 Å². The van der Waals surface area contributed by atoms with E-state index in [4.69, 9.17) is 5.73 Å². The highest BCUT2D eigenvalue weighted by Gasteiger charge is 2.17. The van der Waals surface area contributed by atoms with Gasteiger partial charge >= 0.3 is 0 Å². The molecule has 0 aromatic carbocycles. The molecule has 16 heavy (non-hydrogen) atoms. The van der Waals surface area contributed by atoms with E-state index in [1.165, 1.54) is 0 Å². The molecule has 0 saturated heterocycles. The van der Waals surface area contributed by atoms with Crippen LogP contribution in [0.1, 0.15) is 27.2 Å². The summed E-state index contributed by atoms with van der Waals surface area (Å²) in [5, 5.41) is 10.4. The zero-order valence-electron chi connectivity index (χ0n) is 10.8. The molecule has 0 aromatic heterocycles. The van der Waals surface area contributed by atoms with E-state index in [2.05, 4.69) is 43.3 Å². The van der Waals surface area contributed by atoms with Crippen LogP contribution in [-0.2, 0) is 0 Å². The van der Waals surface area contributed by atoms with Gasteiger partial charge in [-0.2, -0.15) is 5.11 Å². The van der Waals surface area contributed by atoms with Crippen LogP contribution in [0.2, 0.25) is 0 Å². The molecular weight excluding hydrogens is 200 g/mol. The van der Waals surface area contributed by atoms with E-state index >= 15 is 0 Å². The largest absolute Gasteiger partial charge is 0.324 e. The van der Waals surface area contributed by atoms with E-state index in [1.54, 1.807) is 0 Å². The fourth-order valence-corrected chi connectivity index (χ4v) is 1.68. The van der Waals surface area contributed by atoms with E-state index in [9.17, 15) is 0 Å². The van der Waals surface area contributed by atoms with Gasteiger partial charge < -0.3 is 5.73 Å². The molecule has 92 valence electrons. The highest BCUT2D eigenvalue weighted by atomic mass is 15.5. The lowest BCUT2D eigenvalue weighted by molar-refractivity contribution is 0.295. The van der Waals surface area contributed by atoms with E-state index in [0.29, 0.717) is 11.8 Å². The number of hydrogen-bond acceptors (Lipinski definition) is 4. The maximum atomic E-state index is 5.99. The van der Waals surface area contributed by atoms with Crippen molar-refractivity contribution in [2.24, 2.45) is 27.9 Å². The summed E-state index contributed by atoms with van der Waals surface area (Å²) in [7, 11) is 1.94. The van der Waals surface area contributed by atoms with E-state index in [0.717, 1.165) is 13.0 Å². The first kappa shape index (κ1) is 13.2. The number of hydrogen-bond donors (Lipinski definition) is 1. The second-order valence-corrected chi connectivity index (χ2v) is 4.88. The summed E-state index contributed by atoms with van der Waals surface area (Å²) in [5.41, 5.74) is 5.99. The molecule has 1 aliphatic heterocycles. The average molecular weight is 224 g/mol. The fourth-order valence-electron chi connectivity index (χ4n) is 1.68. The molecule has 0 spiro atoms. The number of nitrogens with zero attached hydrogens (tertiary/aromatic N) is 3. The Balaban J connectivity index is 2.78. The van der Waals surface area contributed by atoms with Crippen molar-refractivity contribution in [1.29, 1.82) is 0 Å². The topological polar surface area (TPSA) is 54.0 Å². The van der Waals surface area contributed by atoms with Crippen LogP contribution in [0.25, 0.3) is 0 Å². The molecule has 0 bridgehead atoms. The first-order chi connectivity index (χ1) is 7.50. The first-order valence-corrected chi connectivity index (χ1v) is 6.06. The third kappa shape index (κ3) is 3.93. The maximum absolute atomic E-state index is 5.99. The van der Waals surface area contributed by atoms with Gasteiger partial charge in [0.25, 0.3) is 0 Å². The van der Waals surface area contributed by atoms with Crippen molar-refractivity contribution in [3.63, 3.8) is 0 Å². The van der Waals surface area contributed by atoms with Gasteiger partial charge in [-0.05, 0) is 25.2 Å². The van der Waals surface area contributed by atoms with Crippen molar-refractivity contribution in [3.8, 4) is 0 Å². The minimum atomic E-state index is 0.126.